The second kappa shape index (κ2) is 3.97. The Balaban J connectivity index is 2.01. The van der Waals surface area contributed by atoms with Gasteiger partial charge < -0.3 is 14.7 Å². The first-order chi connectivity index (χ1) is 11.8. The Kier molecular flexibility index (Phi) is 2.02. The largest absolute Gasteiger partial charge is 0.353 e. The highest BCUT2D eigenvalue weighted by atomic mass is 16.1. The maximum atomic E-state index is 12.6. The van der Waals surface area contributed by atoms with E-state index < -0.39 is 0 Å². The van der Waals surface area contributed by atoms with Gasteiger partial charge >= 0.3 is 0 Å². The van der Waals surface area contributed by atoms with E-state index in [0.717, 1.165) is 44.1 Å². The minimum Gasteiger partial charge on any atom is -0.353 e. The number of hydrogen-bond donors (Lipinski definition) is 2. The lowest BCUT2D eigenvalue weighted by molar-refractivity contribution is 0.0967. The predicted molar refractivity (Wildman–Crippen MR) is 95.4 cm³/mol. The average molecular weight is 311 g/mol. The van der Waals surface area contributed by atoms with Gasteiger partial charge in [-0.3, -0.25) is 4.79 Å². The number of benzene rings is 2. The zero-order chi connectivity index (χ0) is 15.8. The van der Waals surface area contributed by atoms with E-state index in [1.54, 1.807) is 0 Å². The van der Waals surface area contributed by atoms with Crippen molar-refractivity contribution >= 4 is 44.1 Å². The first kappa shape index (κ1) is 12.2. The third kappa shape index (κ3) is 1.28. The molecule has 0 fully saturated rings. The van der Waals surface area contributed by atoms with Crippen molar-refractivity contribution in [1.29, 1.82) is 0 Å². The minimum atomic E-state index is 0.0134. The molecule has 24 heavy (non-hydrogen) atoms. The molecule has 2 aromatic carbocycles. The quantitative estimate of drug-likeness (QED) is 0.447. The van der Waals surface area contributed by atoms with Gasteiger partial charge in [0.25, 0.3) is 5.91 Å². The summed E-state index contributed by atoms with van der Waals surface area (Å²) in [5.74, 6) is 0.0134. The average Bonchev–Trinajstić information content (AvgIpc) is 3.27. The van der Waals surface area contributed by atoms with Crippen molar-refractivity contribution in [3.63, 3.8) is 0 Å². The number of nitrogens with one attached hydrogen (secondary N) is 2. The number of H-pyrrole nitrogens is 1. The van der Waals surface area contributed by atoms with Crippen molar-refractivity contribution in [2.45, 2.75) is 6.54 Å². The molecule has 4 heteroatoms. The minimum absolute atomic E-state index is 0.0134. The van der Waals surface area contributed by atoms with Gasteiger partial charge in [0, 0.05) is 21.7 Å². The van der Waals surface area contributed by atoms with Crippen LogP contribution in [0.4, 0.5) is 0 Å². The van der Waals surface area contributed by atoms with Gasteiger partial charge in [-0.25, -0.2) is 0 Å². The maximum absolute atomic E-state index is 12.6. The van der Waals surface area contributed by atoms with Gasteiger partial charge in [0.05, 0.1) is 34.4 Å². The molecule has 1 amide bonds. The molecule has 6 rings (SSSR count). The molecule has 3 aromatic heterocycles. The molecule has 0 aliphatic carbocycles. The lowest BCUT2D eigenvalue weighted by Crippen LogP contribution is -2.12. The smallest absolute Gasteiger partial charge is 0.254 e. The van der Waals surface area contributed by atoms with Crippen molar-refractivity contribution in [2.24, 2.45) is 0 Å². The number of aromatic amines is 1. The summed E-state index contributed by atoms with van der Waals surface area (Å²) in [6, 6.07) is 18.7. The maximum Gasteiger partial charge on any atom is 0.254 e. The molecule has 0 saturated heterocycles. The second-order valence-corrected chi connectivity index (χ2v) is 6.35. The Bertz CT molecular complexity index is 1320. The number of aromatic nitrogens is 2. The summed E-state index contributed by atoms with van der Waals surface area (Å²) in [4.78, 5) is 16.1. The van der Waals surface area contributed by atoms with Crippen molar-refractivity contribution in [2.75, 3.05) is 0 Å². The van der Waals surface area contributed by atoms with E-state index in [1.165, 1.54) is 5.39 Å². The van der Waals surface area contributed by atoms with E-state index in [-0.39, 0.29) is 5.91 Å². The lowest BCUT2D eigenvalue weighted by Gasteiger charge is -2.07. The molecular formula is C20H13N3O. The van der Waals surface area contributed by atoms with Gasteiger partial charge in [0.15, 0.2) is 0 Å². The van der Waals surface area contributed by atoms with E-state index in [4.69, 9.17) is 0 Å². The van der Waals surface area contributed by atoms with Crippen molar-refractivity contribution in [3.8, 4) is 0 Å². The topological polar surface area (TPSA) is 49.3 Å². The Morgan fingerprint density at radius 3 is 2.75 bits per heavy atom. The van der Waals surface area contributed by atoms with Crippen LogP contribution in [0.25, 0.3) is 38.2 Å². The van der Waals surface area contributed by atoms with E-state index in [1.807, 2.05) is 24.3 Å². The predicted octanol–water partition coefficient (Wildman–Crippen LogP) is 3.97. The standard InChI is InChI=1S/C20H13N3O/c24-20-18-16(10-21-20)23-14-8-4-1-5-11(14)9-15(23)19-17(18)12-6-2-3-7-13(12)22-19/h1-9,22H,10H2,(H,21,24). The van der Waals surface area contributed by atoms with Gasteiger partial charge in [-0.05, 0) is 18.2 Å². The molecule has 0 saturated carbocycles. The number of para-hydroxylation sites is 2. The summed E-state index contributed by atoms with van der Waals surface area (Å²) in [5.41, 5.74) is 6.21. The number of carbonyl (C=O) groups is 1. The number of amides is 1. The molecule has 1 aliphatic rings. The zero-order valence-corrected chi connectivity index (χ0v) is 12.8. The highest BCUT2D eigenvalue weighted by Crippen LogP contribution is 2.37. The Hall–Kier alpha value is -3.27. The molecule has 5 aromatic rings. The molecule has 4 nitrogen and oxygen atoms in total. The lowest BCUT2D eigenvalue weighted by atomic mass is 10.1. The second-order valence-electron chi connectivity index (χ2n) is 6.35. The van der Waals surface area contributed by atoms with E-state index in [2.05, 4.69) is 45.0 Å². The molecule has 0 radical (unpaired) electrons. The highest BCUT2D eigenvalue weighted by Gasteiger charge is 2.28. The zero-order valence-electron chi connectivity index (χ0n) is 12.8. The van der Waals surface area contributed by atoms with Crippen molar-refractivity contribution < 1.29 is 4.79 Å². The highest BCUT2D eigenvalue weighted by molar-refractivity contribution is 6.23. The summed E-state index contributed by atoms with van der Waals surface area (Å²) in [6.07, 6.45) is 0. The van der Waals surface area contributed by atoms with Gasteiger partial charge in [-0.15, -0.1) is 0 Å². The first-order valence-electron chi connectivity index (χ1n) is 8.06. The molecule has 1 aliphatic heterocycles. The monoisotopic (exact) mass is 311 g/mol. The normalized spacial score (nSPS) is 14.1. The van der Waals surface area contributed by atoms with Gasteiger partial charge in [0.2, 0.25) is 0 Å². The number of rotatable bonds is 0. The van der Waals surface area contributed by atoms with Crippen molar-refractivity contribution in [3.05, 3.63) is 65.9 Å². The van der Waals surface area contributed by atoms with Crippen LogP contribution >= 0.6 is 0 Å². The fraction of sp³-hybridized carbons (Fsp3) is 0.0500. The summed E-state index contributed by atoms with van der Waals surface area (Å²) < 4.78 is 2.22. The van der Waals surface area contributed by atoms with Crippen LogP contribution in [0.15, 0.2) is 54.6 Å². The van der Waals surface area contributed by atoms with Crippen LogP contribution in [0.5, 0.6) is 0 Å². The molecule has 114 valence electrons. The molecule has 2 N–H and O–H groups in total. The Morgan fingerprint density at radius 2 is 1.79 bits per heavy atom. The van der Waals surface area contributed by atoms with Crippen molar-refractivity contribution in [1.82, 2.24) is 14.7 Å². The number of pyridine rings is 1. The van der Waals surface area contributed by atoms with Crippen LogP contribution in [0.3, 0.4) is 0 Å². The third-order valence-corrected chi connectivity index (χ3v) is 5.12. The molecule has 0 spiro atoms. The molecule has 0 bridgehead atoms. The molecule has 0 atom stereocenters. The SMILES string of the molecule is O=C1NCc2c1c1c3ccccc3[nH]c1c1cc3ccccc3n21. The number of carbonyl (C=O) groups excluding carboxylic acids is 1. The summed E-state index contributed by atoms with van der Waals surface area (Å²) >= 11 is 0. The fourth-order valence-corrected chi connectivity index (χ4v) is 4.14. The summed E-state index contributed by atoms with van der Waals surface area (Å²) in [7, 11) is 0. The number of fused-ring (bicyclic) bond motifs is 10. The summed E-state index contributed by atoms with van der Waals surface area (Å²) in [6.45, 7) is 0.568. The number of hydrogen-bond acceptors (Lipinski definition) is 1. The van der Waals surface area contributed by atoms with Crippen LogP contribution in [0, 0.1) is 0 Å². The van der Waals surface area contributed by atoms with Gasteiger partial charge in [0.1, 0.15) is 0 Å². The fourth-order valence-electron chi connectivity index (χ4n) is 4.14. The molecule has 4 heterocycles. The molecular weight excluding hydrogens is 298 g/mol. The van der Waals surface area contributed by atoms with E-state index in [9.17, 15) is 4.79 Å². The molecule has 0 unspecified atom stereocenters. The van der Waals surface area contributed by atoms with Gasteiger partial charge in [-0.2, -0.15) is 0 Å². The van der Waals surface area contributed by atoms with Gasteiger partial charge in [-0.1, -0.05) is 36.4 Å². The van der Waals surface area contributed by atoms with Crippen LogP contribution < -0.4 is 5.32 Å². The van der Waals surface area contributed by atoms with Crippen LogP contribution in [-0.2, 0) is 6.54 Å². The van der Waals surface area contributed by atoms with E-state index >= 15 is 0 Å². The van der Waals surface area contributed by atoms with E-state index in [0.29, 0.717) is 6.54 Å². The van der Waals surface area contributed by atoms with Crippen LogP contribution in [0.2, 0.25) is 0 Å². The van der Waals surface area contributed by atoms with Crippen LogP contribution in [0.1, 0.15) is 16.1 Å². The third-order valence-electron chi connectivity index (χ3n) is 5.12. The number of nitrogens with zero attached hydrogens (tertiary/aromatic N) is 1. The Labute approximate surface area is 136 Å². The first-order valence-corrected chi connectivity index (χ1v) is 8.06. The van der Waals surface area contributed by atoms with Crippen LogP contribution in [-0.4, -0.2) is 15.3 Å². The summed E-state index contributed by atoms with van der Waals surface area (Å²) in [5, 5.41) is 6.33. The Morgan fingerprint density at radius 1 is 0.958 bits per heavy atom.